The van der Waals surface area contributed by atoms with E-state index in [-0.39, 0.29) is 18.6 Å². The molecule has 0 aliphatic rings. The van der Waals surface area contributed by atoms with E-state index in [4.69, 9.17) is 11.1 Å². The highest BCUT2D eigenvalue weighted by Gasteiger charge is 2.01. The Morgan fingerprint density at radius 1 is 1.20 bits per heavy atom. The van der Waals surface area contributed by atoms with E-state index in [9.17, 15) is 4.79 Å². The molecule has 0 aliphatic carbocycles. The van der Waals surface area contributed by atoms with Crippen LogP contribution >= 0.6 is 0 Å². The van der Waals surface area contributed by atoms with E-state index >= 15 is 0 Å². The summed E-state index contributed by atoms with van der Waals surface area (Å²) in [5.41, 5.74) is 15.7. The summed E-state index contributed by atoms with van der Waals surface area (Å²) in [6.45, 7) is 0. The highest BCUT2D eigenvalue weighted by molar-refractivity contribution is 5.96. The monoisotopic (exact) mass is 138 g/mol. The Morgan fingerprint density at radius 3 is 1.90 bits per heavy atom. The van der Waals surface area contributed by atoms with E-state index in [1.165, 1.54) is 0 Å². The van der Waals surface area contributed by atoms with Crippen LogP contribution in [0.25, 0.3) is 11.1 Å². The molecule has 0 bridgehead atoms. The molecule has 0 aromatic carbocycles. The van der Waals surface area contributed by atoms with Crippen LogP contribution in [-0.2, 0) is 4.79 Å². The smallest absolute Gasteiger partial charge is 0.264 e. The number of nitrogens with zero attached hydrogens (tertiary/aromatic N) is 4. The molecule has 5 heteroatoms. The summed E-state index contributed by atoms with van der Waals surface area (Å²) in [4.78, 5) is 15.8. The SMILES string of the molecule is [N-]=[N+]=CCC(=O)CC=[N+]=[N-]. The maximum absolute atomic E-state index is 10.6. The van der Waals surface area contributed by atoms with Gasteiger partial charge in [0.1, 0.15) is 12.8 Å². The molecule has 0 aromatic heterocycles. The first-order chi connectivity index (χ1) is 4.81. The molecule has 0 aromatic rings. The van der Waals surface area contributed by atoms with Crippen LogP contribution in [0.4, 0.5) is 0 Å². The summed E-state index contributed by atoms with van der Waals surface area (Å²) >= 11 is 0. The van der Waals surface area contributed by atoms with E-state index in [1.807, 2.05) is 0 Å². The lowest BCUT2D eigenvalue weighted by atomic mass is 10.2. The number of ketones is 1. The molecule has 0 aliphatic heterocycles. The van der Waals surface area contributed by atoms with Crippen LogP contribution in [0.1, 0.15) is 12.8 Å². The van der Waals surface area contributed by atoms with Crippen LogP contribution in [0.5, 0.6) is 0 Å². The summed E-state index contributed by atoms with van der Waals surface area (Å²) in [6.07, 6.45) is 2.27. The molecule has 0 atom stereocenters. The van der Waals surface area contributed by atoms with Crippen molar-refractivity contribution in [3.63, 3.8) is 0 Å². The Labute approximate surface area is 57.5 Å². The summed E-state index contributed by atoms with van der Waals surface area (Å²) in [5, 5.41) is 0. The highest BCUT2D eigenvalue weighted by atomic mass is 16.1. The van der Waals surface area contributed by atoms with Crippen molar-refractivity contribution >= 4 is 18.2 Å². The Kier molecular flexibility index (Phi) is 4.69. The van der Waals surface area contributed by atoms with Crippen LogP contribution in [0, 0.1) is 0 Å². The van der Waals surface area contributed by atoms with E-state index in [0.29, 0.717) is 0 Å². The average Bonchev–Trinajstić information content (AvgIpc) is 1.97. The Balaban J connectivity index is 3.63. The first kappa shape index (κ1) is 8.43. The van der Waals surface area contributed by atoms with Gasteiger partial charge >= 0.3 is 0 Å². The van der Waals surface area contributed by atoms with E-state index < -0.39 is 0 Å². The molecule has 0 heterocycles. The van der Waals surface area contributed by atoms with Crippen LogP contribution in [-0.4, -0.2) is 27.8 Å². The molecule has 0 unspecified atom stereocenters. The van der Waals surface area contributed by atoms with Crippen molar-refractivity contribution in [2.75, 3.05) is 0 Å². The largest absolute Gasteiger partial charge is 0.362 e. The molecule has 10 heavy (non-hydrogen) atoms. The second kappa shape index (κ2) is 5.56. The van der Waals surface area contributed by atoms with Crippen molar-refractivity contribution < 1.29 is 14.4 Å². The normalized spacial score (nSPS) is 7.20. The fourth-order valence-electron chi connectivity index (χ4n) is 0.369. The zero-order valence-corrected chi connectivity index (χ0v) is 5.27. The van der Waals surface area contributed by atoms with Crippen molar-refractivity contribution in [1.82, 2.24) is 0 Å². The van der Waals surface area contributed by atoms with Gasteiger partial charge in [-0.3, -0.25) is 4.79 Å². The first-order valence-corrected chi connectivity index (χ1v) is 2.64. The fraction of sp³-hybridized carbons (Fsp3) is 0.400. The van der Waals surface area contributed by atoms with E-state index in [1.54, 1.807) is 0 Å². The van der Waals surface area contributed by atoms with Crippen LogP contribution in [0.15, 0.2) is 0 Å². The number of Topliss-reactive ketones (excluding diaryl/α,β-unsaturated/α-hetero) is 1. The van der Waals surface area contributed by atoms with Crippen molar-refractivity contribution in [2.45, 2.75) is 12.8 Å². The molecule has 0 fully saturated rings. The summed E-state index contributed by atoms with van der Waals surface area (Å²) in [6, 6.07) is 0. The molecule has 0 amide bonds. The number of carbonyl (C=O) groups is 1. The quantitative estimate of drug-likeness (QED) is 0.304. The number of hydrogen-bond donors (Lipinski definition) is 0. The standard InChI is InChI=1S/C5H6N4O/c6-8-3-1-5(10)2-4-9-7/h3-4H,1-2H2. The lowest BCUT2D eigenvalue weighted by Crippen LogP contribution is -1.99. The van der Waals surface area contributed by atoms with Crippen LogP contribution in [0.3, 0.4) is 0 Å². The third-order valence-corrected chi connectivity index (χ3v) is 0.801. The zero-order valence-electron chi connectivity index (χ0n) is 5.27. The minimum absolute atomic E-state index is 0.0581. The molecular weight excluding hydrogens is 132 g/mol. The van der Waals surface area contributed by atoms with Crippen molar-refractivity contribution in [3.8, 4) is 0 Å². The Morgan fingerprint density at radius 2 is 1.60 bits per heavy atom. The van der Waals surface area contributed by atoms with Crippen molar-refractivity contribution in [3.05, 3.63) is 11.1 Å². The second-order valence-electron chi connectivity index (χ2n) is 1.54. The van der Waals surface area contributed by atoms with E-state index in [2.05, 4.69) is 9.58 Å². The molecule has 0 spiro atoms. The second-order valence-corrected chi connectivity index (χ2v) is 1.54. The van der Waals surface area contributed by atoms with Crippen LogP contribution < -0.4 is 0 Å². The first-order valence-electron chi connectivity index (χ1n) is 2.64. The van der Waals surface area contributed by atoms with Crippen LogP contribution in [0.2, 0.25) is 0 Å². The van der Waals surface area contributed by atoms with Gasteiger partial charge in [0.25, 0.3) is 12.4 Å². The van der Waals surface area contributed by atoms with Gasteiger partial charge in [0.15, 0.2) is 5.78 Å². The molecule has 0 N–H and O–H groups in total. The molecular formula is C5H6N4O. The predicted octanol–water partition coefficient (Wildman–Crippen LogP) is -0.0631. The molecule has 0 rings (SSSR count). The van der Waals surface area contributed by atoms with E-state index in [0.717, 1.165) is 12.4 Å². The molecule has 0 saturated carbocycles. The Bertz CT molecular complexity index is 188. The number of hydrogen-bond acceptors (Lipinski definition) is 1. The third-order valence-electron chi connectivity index (χ3n) is 0.801. The third kappa shape index (κ3) is 4.59. The average molecular weight is 138 g/mol. The maximum Gasteiger partial charge on any atom is 0.264 e. The summed E-state index contributed by atoms with van der Waals surface area (Å²) in [5.74, 6) is -0.171. The number of carbonyl (C=O) groups excluding carboxylic acids is 1. The van der Waals surface area contributed by atoms with Crippen molar-refractivity contribution in [1.29, 1.82) is 0 Å². The minimum atomic E-state index is -0.171. The van der Waals surface area contributed by atoms with Gasteiger partial charge in [-0.15, -0.1) is 0 Å². The van der Waals surface area contributed by atoms with Gasteiger partial charge in [0.05, 0.1) is 0 Å². The molecule has 5 nitrogen and oxygen atoms in total. The molecule has 52 valence electrons. The highest BCUT2D eigenvalue weighted by Crippen LogP contribution is 1.80. The minimum Gasteiger partial charge on any atom is -0.362 e. The molecule has 0 saturated heterocycles. The summed E-state index contributed by atoms with van der Waals surface area (Å²) < 4.78 is 0. The maximum atomic E-state index is 10.6. The lowest BCUT2D eigenvalue weighted by molar-refractivity contribution is -0.117. The topological polar surface area (TPSA) is 89.9 Å². The van der Waals surface area contributed by atoms with Gasteiger partial charge in [0, 0.05) is 0 Å². The van der Waals surface area contributed by atoms with Gasteiger partial charge in [-0.2, -0.15) is 9.58 Å². The van der Waals surface area contributed by atoms with Gasteiger partial charge in [-0.1, -0.05) is 0 Å². The van der Waals surface area contributed by atoms with Crippen molar-refractivity contribution in [2.24, 2.45) is 0 Å². The van der Waals surface area contributed by atoms with Gasteiger partial charge in [-0.05, 0) is 0 Å². The molecule has 0 radical (unpaired) electrons. The van der Waals surface area contributed by atoms with Gasteiger partial charge in [-0.25, -0.2) is 0 Å². The number of rotatable bonds is 4. The lowest BCUT2D eigenvalue weighted by Gasteiger charge is -1.77. The van der Waals surface area contributed by atoms with Gasteiger partial charge in [0.2, 0.25) is 0 Å². The fourth-order valence-corrected chi connectivity index (χ4v) is 0.369. The predicted molar refractivity (Wildman–Crippen MR) is 33.6 cm³/mol. The Hall–Kier alpha value is -1.57. The summed E-state index contributed by atoms with van der Waals surface area (Å²) in [7, 11) is 0. The van der Waals surface area contributed by atoms with Gasteiger partial charge < -0.3 is 11.1 Å². The zero-order chi connectivity index (χ0) is 7.82.